The third kappa shape index (κ3) is 2.62. The van der Waals surface area contributed by atoms with Crippen molar-refractivity contribution in [3.63, 3.8) is 0 Å². The van der Waals surface area contributed by atoms with Gasteiger partial charge >= 0.3 is 7.12 Å². The van der Waals surface area contributed by atoms with E-state index in [4.69, 9.17) is 0 Å². The molecular formula is C22H19BO2. The predicted molar refractivity (Wildman–Crippen MR) is 106 cm³/mol. The minimum absolute atomic E-state index is 0.569. The zero-order valence-electron chi connectivity index (χ0n) is 14.3. The molecule has 4 aromatic carbocycles. The number of aryl methyl sites for hydroxylation is 2. The van der Waals surface area contributed by atoms with Crippen molar-refractivity contribution in [1.82, 2.24) is 0 Å². The Kier molecular flexibility index (Phi) is 3.83. The smallest absolute Gasteiger partial charge is 0.423 e. The molecule has 0 aliphatic carbocycles. The van der Waals surface area contributed by atoms with Crippen LogP contribution in [-0.2, 0) is 0 Å². The van der Waals surface area contributed by atoms with Crippen molar-refractivity contribution in [1.29, 1.82) is 0 Å². The van der Waals surface area contributed by atoms with Crippen LogP contribution < -0.4 is 5.46 Å². The van der Waals surface area contributed by atoms with Gasteiger partial charge in [0.15, 0.2) is 0 Å². The summed E-state index contributed by atoms with van der Waals surface area (Å²) < 4.78 is 0. The molecule has 0 fully saturated rings. The summed E-state index contributed by atoms with van der Waals surface area (Å²) in [7, 11) is -1.51. The highest BCUT2D eigenvalue weighted by Gasteiger charge is 2.22. The van der Waals surface area contributed by atoms with Crippen LogP contribution in [0, 0.1) is 13.8 Å². The molecule has 0 radical (unpaired) electrons. The second kappa shape index (κ2) is 6.03. The molecule has 0 aliphatic heterocycles. The number of hydrogen-bond donors (Lipinski definition) is 2. The summed E-state index contributed by atoms with van der Waals surface area (Å²) in [5.41, 5.74) is 5.30. The molecule has 122 valence electrons. The van der Waals surface area contributed by atoms with Gasteiger partial charge < -0.3 is 10.0 Å². The van der Waals surface area contributed by atoms with E-state index in [1.165, 1.54) is 11.1 Å². The Morgan fingerprint density at radius 2 is 1.08 bits per heavy atom. The lowest BCUT2D eigenvalue weighted by Crippen LogP contribution is -2.31. The van der Waals surface area contributed by atoms with E-state index in [1.54, 1.807) is 0 Å². The molecule has 0 saturated heterocycles. The fraction of sp³-hybridized carbons (Fsp3) is 0.0909. The van der Waals surface area contributed by atoms with E-state index in [2.05, 4.69) is 44.2 Å². The standard InChI is InChI=1S/C22H19BO2/c1-14-11-15(2)13-16(12-14)21-17-7-3-5-9-19(17)22(23(24)25)20-10-6-4-8-18(20)21/h3-13,24-25H,1-2H3. The zero-order valence-corrected chi connectivity index (χ0v) is 14.3. The highest BCUT2D eigenvalue weighted by molar-refractivity contribution is 6.66. The fourth-order valence-corrected chi connectivity index (χ4v) is 3.87. The Labute approximate surface area is 147 Å². The van der Waals surface area contributed by atoms with Gasteiger partial charge in [-0.25, -0.2) is 0 Å². The monoisotopic (exact) mass is 326 g/mol. The maximum Gasteiger partial charge on any atom is 0.489 e. The van der Waals surface area contributed by atoms with Crippen LogP contribution in [0.1, 0.15) is 11.1 Å². The predicted octanol–water partition coefficient (Wildman–Crippen LogP) is 3.96. The Hall–Kier alpha value is -2.62. The van der Waals surface area contributed by atoms with Gasteiger partial charge in [0.1, 0.15) is 0 Å². The first kappa shape index (κ1) is 15.9. The van der Waals surface area contributed by atoms with Crippen LogP contribution in [0.3, 0.4) is 0 Å². The molecule has 0 aliphatic rings. The van der Waals surface area contributed by atoms with Crippen molar-refractivity contribution in [3.05, 3.63) is 77.9 Å². The van der Waals surface area contributed by atoms with Gasteiger partial charge in [-0.05, 0) is 52.0 Å². The van der Waals surface area contributed by atoms with E-state index in [0.717, 1.165) is 32.7 Å². The van der Waals surface area contributed by atoms with Crippen LogP contribution in [-0.4, -0.2) is 17.2 Å². The van der Waals surface area contributed by atoms with Gasteiger partial charge in [-0.1, -0.05) is 77.9 Å². The number of fused-ring (bicyclic) bond motifs is 2. The van der Waals surface area contributed by atoms with E-state index in [-0.39, 0.29) is 0 Å². The first-order valence-electron chi connectivity index (χ1n) is 8.44. The van der Waals surface area contributed by atoms with E-state index >= 15 is 0 Å². The number of hydrogen-bond acceptors (Lipinski definition) is 2. The topological polar surface area (TPSA) is 40.5 Å². The number of rotatable bonds is 2. The summed E-state index contributed by atoms with van der Waals surface area (Å²) in [5.74, 6) is 0. The lowest BCUT2D eigenvalue weighted by Gasteiger charge is -2.17. The van der Waals surface area contributed by atoms with Crippen LogP contribution in [0.15, 0.2) is 66.7 Å². The van der Waals surface area contributed by atoms with Crippen molar-refractivity contribution >= 4 is 34.1 Å². The van der Waals surface area contributed by atoms with Gasteiger partial charge in [0.25, 0.3) is 0 Å². The SMILES string of the molecule is Cc1cc(C)cc(-c2c3ccccc3c(B(O)O)c3ccccc23)c1. The molecule has 0 unspecified atom stereocenters. The Balaban J connectivity index is 2.25. The molecule has 4 aromatic rings. The molecule has 3 heteroatoms. The van der Waals surface area contributed by atoms with Crippen LogP contribution >= 0.6 is 0 Å². The third-order valence-electron chi connectivity index (χ3n) is 4.74. The van der Waals surface area contributed by atoms with Crippen LogP contribution in [0.2, 0.25) is 0 Å². The average molecular weight is 326 g/mol. The second-order valence-electron chi connectivity index (χ2n) is 6.63. The largest absolute Gasteiger partial charge is 0.489 e. The summed E-state index contributed by atoms with van der Waals surface area (Å²) >= 11 is 0. The van der Waals surface area contributed by atoms with E-state index in [0.29, 0.717) is 5.46 Å². The molecule has 0 saturated carbocycles. The molecule has 0 spiro atoms. The average Bonchev–Trinajstić information content (AvgIpc) is 2.58. The maximum absolute atomic E-state index is 10.0. The Morgan fingerprint density at radius 3 is 1.52 bits per heavy atom. The van der Waals surface area contributed by atoms with Crippen molar-refractivity contribution < 1.29 is 10.0 Å². The Bertz CT molecular complexity index is 1020. The molecular weight excluding hydrogens is 307 g/mol. The fourth-order valence-electron chi connectivity index (χ4n) is 3.87. The lowest BCUT2D eigenvalue weighted by atomic mass is 9.72. The molecule has 0 bridgehead atoms. The molecule has 0 heterocycles. The first-order chi connectivity index (χ1) is 12.1. The summed E-state index contributed by atoms with van der Waals surface area (Å²) in [4.78, 5) is 0. The second-order valence-corrected chi connectivity index (χ2v) is 6.63. The third-order valence-corrected chi connectivity index (χ3v) is 4.74. The minimum Gasteiger partial charge on any atom is -0.423 e. The number of benzene rings is 4. The molecule has 0 atom stereocenters. The van der Waals surface area contributed by atoms with Crippen molar-refractivity contribution in [2.45, 2.75) is 13.8 Å². The van der Waals surface area contributed by atoms with Gasteiger partial charge in [0.2, 0.25) is 0 Å². The van der Waals surface area contributed by atoms with Gasteiger partial charge in [0.05, 0.1) is 0 Å². The molecule has 25 heavy (non-hydrogen) atoms. The van der Waals surface area contributed by atoms with Gasteiger partial charge in [-0.3, -0.25) is 0 Å². The molecule has 2 nitrogen and oxygen atoms in total. The summed E-state index contributed by atoms with van der Waals surface area (Å²) in [6.45, 7) is 4.21. The lowest BCUT2D eigenvalue weighted by molar-refractivity contribution is 0.426. The quantitative estimate of drug-likeness (QED) is 0.432. The van der Waals surface area contributed by atoms with Crippen molar-refractivity contribution in [2.24, 2.45) is 0 Å². The summed E-state index contributed by atoms with van der Waals surface area (Å²) in [6, 6.07) is 22.5. The van der Waals surface area contributed by atoms with E-state index in [9.17, 15) is 10.0 Å². The van der Waals surface area contributed by atoms with Gasteiger partial charge in [-0.15, -0.1) is 0 Å². The van der Waals surface area contributed by atoms with Crippen LogP contribution in [0.4, 0.5) is 0 Å². The molecule has 0 aromatic heterocycles. The van der Waals surface area contributed by atoms with E-state index < -0.39 is 7.12 Å². The minimum atomic E-state index is -1.51. The zero-order chi connectivity index (χ0) is 17.6. The summed E-state index contributed by atoms with van der Waals surface area (Å²) in [6.07, 6.45) is 0. The van der Waals surface area contributed by atoms with Crippen LogP contribution in [0.5, 0.6) is 0 Å². The van der Waals surface area contributed by atoms with Gasteiger partial charge in [-0.2, -0.15) is 0 Å². The van der Waals surface area contributed by atoms with Crippen molar-refractivity contribution in [2.75, 3.05) is 0 Å². The van der Waals surface area contributed by atoms with E-state index in [1.807, 2.05) is 36.4 Å². The molecule has 4 rings (SSSR count). The summed E-state index contributed by atoms with van der Waals surface area (Å²) in [5, 5.41) is 23.9. The normalized spacial score (nSPS) is 11.2. The molecule has 2 N–H and O–H groups in total. The highest BCUT2D eigenvalue weighted by Crippen LogP contribution is 2.36. The van der Waals surface area contributed by atoms with Crippen LogP contribution in [0.25, 0.3) is 32.7 Å². The van der Waals surface area contributed by atoms with Gasteiger partial charge in [0, 0.05) is 0 Å². The highest BCUT2D eigenvalue weighted by atomic mass is 16.4. The first-order valence-corrected chi connectivity index (χ1v) is 8.44. The molecule has 0 amide bonds. The van der Waals surface area contributed by atoms with Crippen molar-refractivity contribution in [3.8, 4) is 11.1 Å². The Morgan fingerprint density at radius 1 is 0.640 bits per heavy atom. The maximum atomic E-state index is 10.0.